The van der Waals surface area contributed by atoms with Crippen molar-refractivity contribution in [1.82, 2.24) is 0 Å². The molecule has 0 amide bonds. The van der Waals surface area contributed by atoms with E-state index in [2.05, 4.69) is 0 Å². The minimum absolute atomic E-state index is 0. The summed E-state index contributed by atoms with van der Waals surface area (Å²) < 4.78 is 136. The van der Waals surface area contributed by atoms with Gasteiger partial charge in [0.15, 0.2) is 17.3 Å². The maximum atomic E-state index is 11.3. The van der Waals surface area contributed by atoms with Crippen molar-refractivity contribution in [2.24, 2.45) is 0 Å². The molecule has 0 bridgehead atoms. The van der Waals surface area contributed by atoms with Gasteiger partial charge in [0, 0.05) is 0 Å². The average Bonchev–Trinajstić information content (AvgIpc) is 2.75. The topological polar surface area (TPSA) is 201 Å². The Kier molecular flexibility index (Phi) is 33.5. The van der Waals surface area contributed by atoms with Gasteiger partial charge in [-0.2, -0.15) is 52.7 Å². The predicted octanol–water partition coefficient (Wildman–Crippen LogP) is 1.36. The van der Waals surface area contributed by atoms with Gasteiger partial charge in [-0.25, -0.2) is 0 Å². The van der Waals surface area contributed by atoms with Gasteiger partial charge in [-0.1, -0.05) is 20.8 Å². The fraction of sp³-hybridized carbons (Fsp3) is 0.400. The van der Waals surface area contributed by atoms with E-state index in [0.717, 1.165) is 18.2 Å². The summed E-state index contributed by atoms with van der Waals surface area (Å²) >= 11 is 0. The number of allylic oxidation sites excluding steroid dienone is 10. The smallest absolute Gasteiger partial charge is 0.876 e. The van der Waals surface area contributed by atoms with Gasteiger partial charge in [-0.15, -0.1) is 17.3 Å². The van der Waals surface area contributed by atoms with Crippen molar-refractivity contribution >= 4 is 28.9 Å². The monoisotopic (exact) mass is 823 g/mol. The van der Waals surface area contributed by atoms with Crippen LogP contribution < -0.4 is 25.5 Å². The number of ketones is 5. The number of halogens is 12. The maximum absolute atomic E-state index is 11.3. The Bertz CT molecular complexity index is 1090. The third-order valence-electron chi connectivity index (χ3n) is 2.86. The summed E-state index contributed by atoms with van der Waals surface area (Å²) in [6.07, 6.45) is -20.7. The van der Waals surface area contributed by atoms with E-state index in [1.54, 1.807) is 0 Å². The molecule has 0 aliphatic carbocycles. The van der Waals surface area contributed by atoms with Gasteiger partial charge >= 0.3 is 58.8 Å². The van der Waals surface area contributed by atoms with Crippen LogP contribution in [0.15, 0.2) is 59.2 Å². The van der Waals surface area contributed by atoms with Crippen LogP contribution in [0, 0.1) is 0 Å². The molecule has 0 rings (SSSR count). The van der Waals surface area contributed by atoms with E-state index >= 15 is 0 Å². The van der Waals surface area contributed by atoms with Crippen LogP contribution in [-0.2, 0) is 58.1 Å². The zero-order valence-corrected chi connectivity index (χ0v) is 27.4. The molecule has 283 valence electrons. The minimum Gasteiger partial charge on any atom is -0.876 e. The van der Waals surface area contributed by atoms with E-state index in [4.69, 9.17) is 0 Å². The van der Waals surface area contributed by atoms with Crippen molar-refractivity contribution in [3.05, 3.63) is 59.2 Å². The summed E-state index contributed by atoms with van der Waals surface area (Å²) in [7, 11) is 0. The first-order chi connectivity index (χ1) is 20.5. The zero-order valence-electron chi connectivity index (χ0n) is 25.2. The van der Waals surface area contributed by atoms with Crippen LogP contribution in [0.3, 0.4) is 0 Å². The number of alkyl halides is 12. The molecule has 0 aliphatic heterocycles. The Balaban J connectivity index is -0.0000000920. The molecule has 0 spiro atoms. The first-order valence-electron chi connectivity index (χ1n) is 11.2. The SMILES string of the molecule is CC(=O)/C=C(/C)[O-].CC(=O)/C=C(/C)[O-].CC(=O)/C=C(/C)[O-].O=C(/C=C(\[O-])C(F)(F)F)C(F)(F)F.O=C(/C=C(\[O-])C(F)(F)F)C(F)(F)F.[Fe+2].[Fe+3]. The molecule has 0 saturated heterocycles. The first kappa shape index (κ1) is 60.6. The Morgan fingerprint density at radius 1 is 0.388 bits per heavy atom. The van der Waals surface area contributed by atoms with Gasteiger partial charge < -0.3 is 25.5 Å². The number of rotatable bonds is 5. The summed E-state index contributed by atoms with van der Waals surface area (Å²) in [5.74, 6) is -12.4. The second-order valence-electron chi connectivity index (χ2n) is 7.83. The van der Waals surface area contributed by atoms with Gasteiger partial charge in [0.2, 0.25) is 0 Å². The van der Waals surface area contributed by atoms with Crippen molar-refractivity contribution in [3.63, 3.8) is 0 Å². The fourth-order valence-electron chi connectivity index (χ4n) is 1.42. The minimum atomic E-state index is -5.46. The Morgan fingerprint density at radius 3 is 0.612 bits per heavy atom. The Hall–Kier alpha value is -3.75. The standard InChI is InChI=1S/2C5H2F6O2.3C5H8O2.2Fe/c2*6-4(7,8)2(12)1-3(13)5(9,10)11;3*1-4(6)3-5(2)7;;/h2*1,12H;3*3,6H,1-2H3;;/q;;;;;+2;+3/p-5/b2*2-1-;3*4-3-;;. The fourth-order valence-corrected chi connectivity index (χ4v) is 1.42. The van der Waals surface area contributed by atoms with Crippen LogP contribution in [0.2, 0.25) is 0 Å². The predicted molar refractivity (Wildman–Crippen MR) is 124 cm³/mol. The van der Waals surface area contributed by atoms with Crippen LogP contribution in [0.1, 0.15) is 41.5 Å². The average molecular weight is 823 g/mol. The van der Waals surface area contributed by atoms with Crippen LogP contribution >= 0.6 is 0 Å². The molecule has 0 aromatic carbocycles. The quantitative estimate of drug-likeness (QED) is 0.169. The van der Waals surface area contributed by atoms with Crippen molar-refractivity contribution in [2.75, 3.05) is 0 Å². The Labute approximate surface area is 290 Å². The molecule has 24 heteroatoms. The number of carbonyl (C=O) groups excluding carboxylic acids is 5. The molecular weight excluding hydrogens is 800 g/mol. The van der Waals surface area contributed by atoms with Crippen molar-refractivity contribution in [2.45, 2.75) is 66.2 Å². The second-order valence-corrected chi connectivity index (χ2v) is 7.83. The number of carbonyl (C=O) groups is 5. The Morgan fingerprint density at radius 2 is 0.551 bits per heavy atom. The summed E-state index contributed by atoms with van der Waals surface area (Å²) in [6.45, 7) is 8.09. The molecule has 0 fully saturated rings. The molecular formula is C25H23F12Fe2O10. The van der Waals surface area contributed by atoms with Crippen molar-refractivity contribution in [3.8, 4) is 0 Å². The molecule has 0 atom stereocenters. The van der Waals surface area contributed by atoms with Gasteiger partial charge in [0.1, 0.15) is 0 Å². The van der Waals surface area contributed by atoms with Crippen molar-refractivity contribution < 1.29 is 136 Å². The maximum Gasteiger partial charge on any atom is 3.00 e. The van der Waals surface area contributed by atoms with E-state index in [1.165, 1.54) is 41.5 Å². The third-order valence-corrected chi connectivity index (χ3v) is 2.86. The number of hydrogen-bond acceptors (Lipinski definition) is 10. The molecule has 0 N–H and O–H groups in total. The molecule has 0 unspecified atom stereocenters. The summed E-state index contributed by atoms with van der Waals surface area (Å²) in [4.78, 5) is 49.6. The van der Waals surface area contributed by atoms with E-state index in [9.17, 15) is 102 Å². The summed E-state index contributed by atoms with van der Waals surface area (Å²) in [6, 6.07) is 0. The van der Waals surface area contributed by atoms with Crippen LogP contribution in [0.5, 0.6) is 0 Å². The van der Waals surface area contributed by atoms with Crippen LogP contribution in [0.4, 0.5) is 52.7 Å². The molecule has 49 heavy (non-hydrogen) atoms. The molecule has 0 heterocycles. The molecule has 0 aromatic rings. The van der Waals surface area contributed by atoms with E-state index < -0.39 is 59.9 Å². The van der Waals surface area contributed by atoms with Crippen LogP contribution in [0.25, 0.3) is 0 Å². The molecule has 1 radical (unpaired) electrons. The molecule has 10 nitrogen and oxygen atoms in total. The van der Waals surface area contributed by atoms with E-state index in [0.29, 0.717) is 0 Å². The normalized spacial score (nSPS) is 12.6. The van der Waals surface area contributed by atoms with E-state index in [1.807, 2.05) is 0 Å². The molecule has 0 aliphatic rings. The van der Waals surface area contributed by atoms with Gasteiger partial charge in [-0.3, -0.25) is 24.0 Å². The largest absolute Gasteiger partial charge is 3.00 e. The van der Waals surface area contributed by atoms with Gasteiger partial charge in [-0.05, 0) is 62.7 Å². The summed E-state index contributed by atoms with van der Waals surface area (Å²) in [5, 5.41) is 49.6. The summed E-state index contributed by atoms with van der Waals surface area (Å²) in [5.41, 5.74) is 0. The zero-order chi connectivity index (χ0) is 39.3. The van der Waals surface area contributed by atoms with E-state index in [-0.39, 0.29) is 68.8 Å². The molecule has 0 aromatic heterocycles. The molecule has 0 saturated carbocycles. The van der Waals surface area contributed by atoms with Crippen LogP contribution in [-0.4, -0.2) is 53.6 Å². The van der Waals surface area contributed by atoms with Gasteiger partial charge in [0.05, 0.1) is 0 Å². The third kappa shape index (κ3) is 48.8. The number of hydrogen-bond donors (Lipinski definition) is 0. The second kappa shape index (κ2) is 27.1. The van der Waals surface area contributed by atoms with Gasteiger partial charge in [0.25, 0.3) is 11.6 Å². The first-order valence-corrected chi connectivity index (χ1v) is 11.2. The van der Waals surface area contributed by atoms with Crippen molar-refractivity contribution in [1.29, 1.82) is 0 Å².